The van der Waals surface area contributed by atoms with Crippen LogP contribution in [0.4, 0.5) is 0 Å². The number of nitrogens with zero attached hydrogens (tertiary/aromatic N) is 3. The van der Waals surface area contributed by atoms with Crippen molar-refractivity contribution in [2.75, 3.05) is 5.75 Å². The van der Waals surface area contributed by atoms with E-state index in [1.807, 2.05) is 38.2 Å². The number of hydrogen-bond acceptors (Lipinski definition) is 5. The van der Waals surface area contributed by atoms with E-state index < -0.39 is 0 Å². The molecule has 0 unspecified atom stereocenters. The number of nitrogens with one attached hydrogen (secondary N) is 2. The number of para-hydroxylation sites is 1. The quantitative estimate of drug-likeness (QED) is 0.320. The summed E-state index contributed by atoms with van der Waals surface area (Å²) in [6.07, 6.45) is 4.15. The fraction of sp³-hybridized carbons (Fsp3) is 0.304. The lowest BCUT2D eigenvalue weighted by molar-refractivity contribution is 0.101. The third-order valence-electron chi connectivity index (χ3n) is 5.81. The number of ketones is 2. The fourth-order valence-electron chi connectivity index (χ4n) is 4.24. The van der Waals surface area contributed by atoms with Crippen molar-refractivity contribution in [2.45, 2.75) is 44.8 Å². The highest BCUT2D eigenvalue weighted by Gasteiger charge is 2.31. The lowest BCUT2D eigenvalue weighted by Crippen LogP contribution is -2.07. The van der Waals surface area contributed by atoms with Crippen molar-refractivity contribution in [1.29, 1.82) is 0 Å². The Morgan fingerprint density at radius 2 is 1.97 bits per heavy atom. The number of fused-ring (bicyclic) bond motifs is 1. The van der Waals surface area contributed by atoms with Crippen LogP contribution < -0.4 is 0 Å². The minimum Gasteiger partial charge on any atom is -0.360 e. The molecule has 0 atom stereocenters. The van der Waals surface area contributed by atoms with Crippen LogP contribution in [0.15, 0.2) is 35.6 Å². The minimum atomic E-state index is -0.0444. The molecule has 1 aliphatic carbocycles. The molecular weight excluding hydrogens is 410 g/mol. The molecule has 158 valence electrons. The second-order valence-corrected chi connectivity index (χ2v) is 8.99. The predicted octanol–water partition coefficient (Wildman–Crippen LogP) is 4.88. The van der Waals surface area contributed by atoms with Crippen LogP contribution in [0.1, 0.15) is 57.9 Å². The fourth-order valence-corrected chi connectivity index (χ4v) is 5.11. The molecule has 5 rings (SSSR count). The first-order valence-electron chi connectivity index (χ1n) is 10.3. The number of aromatic nitrogens is 5. The first-order chi connectivity index (χ1) is 15.0. The van der Waals surface area contributed by atoms with Crippen molar-refractivity contribution in [2.24, 2.45) is 0 Å². The average Bonchev–Trinajstić information content (AvgIpc) is 3.23. The highest BCUT2D eigenvalue weighted by Crippen LogP contribution is 2.42. The monoisotopic (exact) mass is 433 g/mol. The largest absolute Gasteiger partial charge is 0.360 e. The van der Waals surface area contributed by atoms with Gasteiger partial charge >= 0.3 is 0 Å². The number of thioether (sulfide) groups is 1. The molecule has 1 saturated carbocycles. The van der Waals surface area contributed by atoms with Crippen molar-refractivity contribution in [3.05, 3.63) is 53.0 Å². The smallest absolute Gasteiger partial charge is 0.192 e. The Morgan fingerprint density at radius 1 is 1.19 bits per heavy atom. The number of Topliss-reactive ketones (excluding diaryl/α,β-unsaturated/α-hetero) is 2. The van der Waals surface area contributed by atoms with Crippen molar-refractivity contribution >= 4 is 34.2 Å². The first-order valence-corrected chi connectivity index (χ1v) is 11.3. The number of H-pyrrole nitrogens is 2. The van der Waals surface area contributed by atoms with Gasteiger partial charge in [0, 0.05) is 40.0 Å². The molecule has 3 heterocycles. The topological polar surface area (TPSA) is 96.4 Å². The number of benzene rings is 1. The molecule has 0 amide bonds. The van der Waals surface area contributed by atoms with Crippen LogP contribution in [0.5, 0.6) is 0 Å². The second-order valence-electron chi connectivity index (χ2n) is 8.05. The van der Waals surface area contributed by atoms with E-state index in [4.69, 9.17) is 0 Å². The summed E-state index contributed by atoms with van der Waals surface area (Å²) in [5, 5.41) is 10.8. The van der Waals surface area contributed by atoms with Crippen molar-refractivity contribution in [3.63, 3.8) is 0 Å². The number of rotatable bonds is 7. The van der Waals surface area contributed by atoms with Gasteiger partial charge in [-0.1, -0.05) is 30.0 Å². The SMILES string of the molecule is CC(=O)c1c(C)[nH]c(C(=O)CSc2nnc(-c3c[nH]c4ccccc34)n2C2CC2)c1C. The van der Waals surface area contributed by atoms with Gasteiger partial charge in [-0.05, 0) is 45.2 Å². The molecular formula is C23H23N5O2S. The van der Waals surface area contributed by atoms with Gasteiger partial charge in [0.05, 0.1) is 11.4 Å². The lowest BCUT2D eigenvalue weighted by atomic mass is 10.1. The maximum Gasteiger partial charge on any atom is 0.192 e. The van der Waals surface area contributed by atoms with Gasteiger partial charge in [0.1, 0.15) is 0 Å². The van der Waals surface area contributed by atoms with Crippen molar-refractivity contribution in [3.8, 4) is 11.4 Å². The molecule has 8 heteroatoms. The maximum atomic E-state index is 12.9. The zero-order chi connectivity index (χ0) is 21.7. The molecule has 0 saturated heterocycles. The normalized spacial score (nSPS) is 13.8. The highest BCUT2D eigenvalue weighted by molar-refractivity contribution is 7.99. The molecule has 0 radical (unpaired) electrons. The Kier molecular flexibility index (Phi) is 4.81. The summed E-state index contributed by atoms with van der Waals surface area (Å²) in [4.78, 5) is 31.2. The third-order valence-corrected chi connectivity index (χ3v) is 6.75. The Hall–Kier alpha value is -3.13. The Morgan fingerprint density at radius 3 is 2.68 bits per heavy atom. The Labute approximate surface area is 183 Å². The zero-order valence-corrected chi connectivity index (χ0v) is 18.5. The average molecular weight is 434 g/mol. The van der Waals surface area contributed by atoms with Crippen LogP contribution in [0.3, 0.4) is 0 Å². The second kappa shape index (κ2) is 7.53. The number of hydrogen-bond donors (Lipinski definition) is 2. The van der Waals surface area contributed by atoms with Crippen LogP contribution in [0.25, 0.3) is 22.3 Å². The standard InChI is InChI=1S/C23H23N5O2S/c1-12-20(14(3)29)13(2)25-21(12)19(30)11-31-23-27-26-22(28(23)15-8-9-15)17-10-24-18-7-5-4-6-16(17)18/h4-7,10,15,24-25H,8-9,11H2,1-3H3. The summed E-state index contributed by atoms with van der Waals surface area (Å²) < 4.78 is 2.17. The molecule has 3 aromatic heterocycles. The van der Waals surface area contributed by atoms with Gasteiger partial charge in [-0.3, -0.25) is 14.2 Å². The van der Waals surface area contributed by atoms with E-state index in [9.17, 15) is 9.59 Å². The van der Waals surface area contributed by atoms with Crippen molar-refractivity contribution < 1.29 is 9.59 Å². The molecule has 0 spiro atoms. The molecule has 1 fully saturated rings. The Bertz CT molecular complexity index is 1330. The van der Waals surface area contributed by atoms with Gasteiger partial charge < -0.3 is 9.97 Å². The van der Waals surface area contributed by atoms with Gasteiger partial charge in [-0.2, -0.15) is 0 Å². The van der Waals surface area contributed by atoms with E-state index in [1.54, 1.807) is 0 Å². The molecule has 2 N–H and O–H groups in total. The van der Waals surface area contributed by atoms with Crippen molar-refractivity contribution in [1.82, 2.24) is 24.7 Å². The third kappa shape index (κ3) is 3.40. The lowest BCUT2D eigenvalue weighted by Gasteiger charge is -2.08. The zero-order valence-electron chi connectivity index (χ0n) is 17.7. The molecule has 0 aliphatic heterocycles. The summed E-state index contributed by atoms with van der Waals surface area (Å²) in [7, 11) is 0. The first kappa shape index (κ1) is 19.8. The van der Waals surface area contributed by atoms with E-state index in [0.29, 0.717) is 17.3 Å². The maximum absolute atomic E-state index is 12.9. The summed E-state index contributed by atoms with van der Waals surface area (Å²) >= 11 is 1.40. The van der Waals surface area contributed by atoms with Crippen LogP contribution >= 0.6 is 11.8 Å². The van der Waals surface area contributed by atoms with E-state index in [0.717, 1.165) is 51.5 Å². The van der Waals surface area contributed by atoms with E-state index in [2.05, 4.69) is 30.8 Å². The summed E-state index contributed by atoms with van der Waals surface area (Å²) in [6.45, 7) is 5.17. The molecule has 0 bridgehead atoms. The predicted molar refractivity (Wildman–Crippen MR) is 121 cm³/mol. The summed E-state index contributed by atoms with van der Waals surface area (Å²) in [5.41, 5.74) is 4.65. The number of carbonyl (C=O) groups excluding carboxylic acids is 2. The van der Waals surface area contributed by atoms with Gasteiger partial charge in [-0.25, -0.2) is 0 Å². The van der Waals surface area contributed by atoms with E-state index in [-0.39, 0.29) is 17.3 Å². The molecule has 1 aromatic carbocycles. The minimum absolute atomic E-state index is 0.0326. The van der Waals surface area contributed by atoms with Crippen LogP contribution in [-0.4, -0.2) is 42.1 Å². The summed E-state index contributed by atoms with van der Waals surface area (Å²) in [5.74, 6) is 0.990. The van der Waals surface area contributed by atoms with Gasteiger partial charge in [-0.15, -0.1) is 10.2 Å². The summed E-state index contributed by atoms with van der Waals surface area (Å²) in [6, 6.07) is 8.51. The highest BCUT2D eigenvalue weighted by atomic mass is 32.2. The number of aryl methyl sites for hydroxylation is 1. The van der Waals surface area contributed by atoms with Crippen LogP contribution in [0.2, 0.25) is 0 Å². The molecule has 1 aliphatic rings. The van der Waals surface area contributed by atoms with Crippen LogP contribution in [-0.2, 0) is 0 Å². The molecule has 4 aromatic rings. The van der Waals surface area contributed by atoms with Gasteiger partial charge in [0.15, 0.2) is 22.5 Å². The Balaban J connectivity index is 1.43. The van der Waals surface area contributed by atoms with E-state index >= 15 is 0 Å². The molecule has 7 nitrogen and oxygen atoms in total. The van der Waals surface area contributed by atoms with Crippen LogP contribution in [0, 0.1) is 13.8 Å². The van der Waals surface area contributed by atoms with Gasteiger partial charge in [0.25, 0.3) is 0 Å². The van der Waals surface area contributed by atoms with E-state index in [1.165, 1.54) is 18.7 Å². The number of aromatic amines is 2. The van der Waals surface area contributed by atoms with Gasteiger partial charge in [0.2, 0.25) is 0 Å². The number of carbonyl (C=O) groups is 2. The molecule has 31 heavy (non-hydrogen) atoms.